The van der Waals surface area contributed by atoms with Gasteiger partial charge in [-0.25, -0.2) is 0 Å². The number of para-hydroxylation sites is 2. The summed E-state index contributed by atoms with van der Waals surface area (Å²) in [6.07, 6.45) is 0. The summed E-state index contributed by atoms with van der Waals surface area (Å²) in [5, 5.41) is 15.3. The number of rotatable bonds is 8. The quantitative estimate of drug-likeness (QED) is 0.737. The van der Waals surface area contributed by atoms with E-state index in [-0.39, 0.29) is 17.7 Å². The van der Waals surface area contributed by atoms with Gasteiger partial charge in [0.05, 0.1) is 12.4 Å². The second-order valence-corrected chi connectivity index (χ2v) is 6.61. The zero-order valence-corrected chi connectivity index (χ0v) is 15.2. The lowest BCUT2D eigenvalue weighted by Gasteiger charge is -2.17. The maximum absolute atomic E-state index is 12.0. The van der Waals surface area contributed by atoms with Gasteiger partial charge < -0.3 is 10.1 Å². The van der Waals surface area contributed by atoms with Crippen LogP contribution in [0.15, 0.2) is 29.4 Å². The molecule has 1 unspecified atom stereocenters. The Bertz CT molecular complexity index is 674. The van der Waals surface area contributed by atoms with Crippen molar-refractivity contribution in [3.05, 3.63) is 24.3 Å². The zero-order valence-electron chi connectivity index (χ0n) is 14.4. The molecule has 0 radical (unpaired) electrons. The summed E-state index contributed by atoms with van der Waals surface area (Å²) in [6, 6.07) is 7.67. The molecule has 0 fully saturated rings. The molecule has 0 aliphatic heterocycles. The fraction of sp³-hybridized carbons (Fsp3) is 0.500. The van der Waals surface area contributed by atoms with Gasteiger partial charge in [0.25, 0.3) is 0 Å². The number of thioether (sulfide) groups is 1. The molecule has 1 amide bonds. The highest BCUT2D eigenvalue weighted by Crippen LogP contribution is 2.25. The molecule has 2 rings (SSSR count). The van der Waals surface area contributed by atoms with Crippen LogP contribution in [0.1, 0.15) is 27.7 Å². The number of carbonyl (C=O) groups excluding carboxylic acids is 1. The van der Waals surface area contributed by atoms with E-state index in [0.29, 0.717) is 23.4 Å². The van der Waals surface area contributed by atoms with E-state index in [4.69, 9.17) is 4.74 Å². The number of nitrogens with zero attached hydrogens (tertiary/aromatic N) is 4. The molecule has 1 heterocycles. The van der Waals surface area contributed by atoms with Gasteiger partial charge in [-0.15, -0.1) is 5.10 Å². The van der Waals surface area contributed by atoms with Gasteiger partial charge in [-0.1, -0.05) is 37.7 Å². The fourth-order valence-electron chi connectivity index (χ4n) is 1.92. The van der Waals surface area contributed by atoms with E-state index < -0.39 is 0 Å². The molecule has 24 heavy (non-hydrogen) atoms. The summed E-state index contributed by atoms with van der Waals surface area (Å²) in [5.74, 6) is 1.32. The number of benzene rings is 1. The Morgan fingerprint density at radius 2 is 2.08 bits per heavy atom. The number of ether oxygens (including phenoxy) is 1. The van der Waals surface area contributed by atoms with E-state index in [9.17, 15) is 4.79 Å². The summed E-state index contributed by atoms with van der Waals surface area (Å²) in [7, 11) is 0. The average Bonchev–Trinajstić information content (AvgIpc) is 3.02. The Morgan fingerprint density at radius 1 is 1.33 bits per heavy atom. The number of tetrazole rings is 1. The highest BCUT2D eigenvalue weighted by molar-refractivity contribution is 7.99. The van der Waals surface area contributed by atoms with Gasteiger partial charge in [-0.3, -0.25) is 4.79 Å². The first-order valence-electron chi connectivity index (χ1n) is 7.95. The summed E-state index contributed by atoms with van der Waals surface area (Å²) >= 11 is 1.30. The Balaban J connectivity index is 2.07. The Hall–Kier alpha value is -2.09. The largest absolute Gasteiger partial charge is 0.492 e. The molecule has 2 aromatic rings. The predicted octanol–water partition coefficient (Wildman–Crippen LogP) is 2.31. The van der Waals surface area contributed by atoms with Crippen LogP contribution in [0.3, 0.4) is 0 Å². The first-order chi connectivity index (χ1) is 11.5. The molecule has 0 aliphatic rings. The second-order valence-electron chi connectivity index (χ2n) is 5.66. The van der Waals surface area contributed by atoms with Crippen molar-refractivity contribution in [2.75, 3.05) is 12.4 Å². The van der Waals surface area contributed by atoms with Crippen LogP contribution in [-0.4, -0.2) is 44.5 Å². The van der Waals surface area contributed by atoms with Gasteiger partial charge in [-0.05, 0) is 42.3 Å². The molecule has 0 saturated carbocycles. The number of nitrogens with one attached hydrogen (secondary N) is 1. The number of carbonyl (C=O) groups is 1. The van der Waals surface area contributed by atoms with Gasteiger partial charge in [0.15, 0.2) is 0 Å². The Morgan fingerprint density at radius 3 is 2.79 bits per heavy atom. The van der Waals surface area contributed by atoms with Crippen molar-refractivity contribution in [1.82, 2.24) is 25.5 Å². The fourth-order valence-corrected chi connectivity index (χ4v) is 2.62. The van der Waals surface area contributed by atoms with Crippen molar-refractivity contribution in [2.24, 2.45) is 5.92 Å². The van der Waals surface area contributed by atoms with Gasteiger partial charge >= 0.3 is 0 Å². The van der Waals surface area contributed by atoms with E-state index in [1.165, 1.54) is 11.8 Å². The summed E-state index contributed by atoms with van der Waals surface area (Å²) in [5.41, 5.74) is 0.753. The molecule has 1 atom stereocenters. The van der Waals surface area contributed by atoms with Crippen LogP contribution in [0.5, 0.6) is 5.75 Å². The lowest BCUT2D eigenvalue weighted by Crippen LogP contribution is -2.37. The SMILES string of the molecule is CCOc1ccccc1-n1nnnc1SCC(=O)NC(C)C(C)C. The third-order valence-corrected chi connectivity index (χ3v) is 4.47. The first kappa shape index (κ1) is 18.3. The normalized spacial score (nSPS) is 12.2. The van der Waals surface area contributed by atoms with Crippen LogP contribution in [0.4, 0.5) is 0 Å². The van der Waals surface area contributed by atoms with Crippen molar-refractivity contribution < 1.29 is 9.53 Å². The lowest BCUT2D eigenvalue weighted by molar-refractivity contribution is -0.119. The highest BCUT2D eigenvalue weighted by Gasteiger charge is 2.16. The van der Waals surface area contributed by atoms with E-state index >= 15 is 0 Å². The first-order valence-corrected chi connectivity index (χ1v) is 8.94. The topological polar surface area (TPSA) is 81.9 Å². The predicted molar refractivity (Wildman–Crippen MR) is 93.5 cm³/mol. The molecule has 8 heteroatoms. The van der Waals surface area contributed by atoms with Crippen LogP contribution in [0.2, 0.25) is 0 Å². The smallest absolute Gasteiger partial charge is 0.230 e. The summed E-state index contributed by atoms with van der Waals surface area (Å²) in [4.78, 5) is 12.0. The summed E-state index contributed by atoms with van der Waals surface area (Å²) in [6.45, 7) is 8.62. The average molecular weight is 349 g/mol. The minimum Gasteiger partial charge on any atom is -0.492 e. The molecule has 130 valence electrons. The van der Waals surface area contributed by atoms with Gasteiger partial charge in [0, 0.05) is 6.04 Å². The van der Waals surface area contributed by atoms with Crippen LogP contribution in [-0.2, 0) is 4.79 Å². The lowest BCUT2D eigenvalue weighted by atomic mass is 10.1. The van der Waals surface area contributed by atoms with Crippen LogP contribution in [0.25, 0.3) is 5.69 Å². The molecule has 0 bridgehead atoms. The minimum atomic E-state index is -0.0335. The standard InChI is InChI=1S/C16H23N5O2S/c1-5-23-14-9-7-6-8-13(14)21-16(18-19-20-21)24-10-15(22)17-12(4)11(2)3/h6-9,11-12H,5,10H2,1-4H3,(H,17,22). The van der Waals surface area contributed by atoms with Crippen LogP contribution < -0.4 is 10.1 Å². The van der Waals surface area contributed by atoms with Gasteiger partial charge in [-0.2, -0.15) is 4.68 Å². The van der Waals surface area contributed by atoms with Crippen molar-refractivity contribution in [3.63, 3.8) is 0 Å². The maximum atomic E-state index is 12.0. The van der Waals surface area contributed by atoms with Crippen molar-refractivity contribution >= 4 is 17.7 Å². The van der Waals surface area contributed by atoms with E-state index in [1.807, 2.05) is 38.1 Å². The Labute approximate surface area is 146 Å². The molecular formula is C16H23N5O2S. The Kier molecular flexibility index (Phi) is 6.60. The van der Waals surface area contributed by atoms with Crippen molar-refractivity contribution in [3.8, 4) is 11.4 Å². The van der Waals surface area contributed by atoms with Crippen molar-refractivity contribution in [1.29, 1.82) is 0 Å². The molecule has 7 nitrogen and oxygen atoms in total. The molecule has 0 aliphatic carbocycles. The van der Waals surface area contributed by atoms with Gasteiger partial charge in [0.1, 0.15) is 11.4 Å². The minimum absolute atomic E-state index is 0.0335. The molecular weight excluding hydrogens is 326 g/mol. The van der Waals surface area contributed by atoms with Crippen LogP contribution in [0, 0.1) is 5.92 Å². The highest BCUT2D eigenvalue weighted by atomic mass is 32.2. The zero-order chi connectivity index (χ0) is 17.5. The van der Waals surface area contributed by atoms with Crippen molar-refractivity contribution in [2.45, 2.75) is 38.9 Å². The van der Waals surface area contributed by atoms with Crippen LogP contribution >= 0.6 is 11.8 Å². The molecule has 1 N–H and O–H groups in total. The molecule has 0 spiro atoms. The third-order valence-electron chi connectivity index (χ3n) is 3.56. The van der Waals surface area contributed by atoms with E-state index in [1.54, 1.807) is 4.68 Å². The van der Waals surface area contributed by atoms with E-state index in [0.717, 1.165) is 5.69 Å². The number of hydrogen-bond acceptors (Lipinski definition) is 6. The third kappa shape index (κ3) is 4.70. The molecule has 1 aromatic carbocycles. The van der Waals surface area contributed by atoms with Gasteiger partial charge in [0.2, 0.25) is 11.1 Å². The molecule has 1 aromatic heterocycles. The summed E-state index contributed by atoms with van der Waals surface area (Å²) < 4.78 is 7.21. The monoisotopic (exact) mass is 349 g/mol. The van der Waals surface area contributed by atoms with E-state index in [2.05, 4.69) is 34.7 Å². The number of hydrogen-bond donors (Lipinski definition) is 1. The maximum Gasteiger partial charge on any atom is 0.230 e. The molecule has 0 saturated heterocycles. The number of amides is 1. The number of aromatic nitrogens is 4. The second kappa shape index (κ2) is 8.68.